The summed E-state index contributed by atoms with van der Waals surface area (Å²) in [5.74, 6) is -0.807. The van der Waals surface area contributed by atoms with Crippen molar-refractivity contribution in [2.24, 2.45) is 0 Å². The largest absolute Gasteiger partial charge is 0.462 e. The van der Waals surface area contributed by atoms with Crippen molar-refractivity contribution in [1.29, 1.82) is 0 Å². The van der Waals surface area contributed by atoms with Crippen molar-refractivity contribution in [2.75, 3.05) is 6.61 Å². The summed E-state index contributed by atoms with van der Waals surface area (Å²) in [5.41, 5.74) is 1.72. The van der Waals surface area contributed by atoms with E-state index in [4.69, 9.17) is 9.47 Å². The van der Waals surface area contributed by atoms with Gasteiger partial charge in [0.2, 0.25) is 0 Å². The molecule has 0 aliphatic rings. The molecule has 0 aliphatic carbocycles. The van der Waals surface area contributed by atoms with Gasteiger partial charge in [0.05, 0.1) is 17.7 Å². The first-order valence-electron chi connectivity index (χ1n) is 7.79. The van der Waals surface area contributed by atoms with E-state index in [0.29, 0.717) is 17.7 Å². The molecule has 0 unspecified atom stereocenters. The molecule has 24 heavy (non-hydrogen) atoms. The van der Waals surface area contributed by atoms with E-state index in [1.54, 1.807) is 24.3 Å². The smallest absolute Gasteiger partial charge is 0.338 e. The van der Waals surface area contributed by atoms with Crippen molar-refractivity contribution in [1.82, 2.24) is 0 Å². The topological polar surface area (TPSA) is 52.6 Å². The molecule has 0 saturated heterocycles. The van der Waals surface area contributed by atoms with Crippen molar-refractivity contribution in [3.05, 3.63) is 69.7 Å². The molecule has 126 valence electrons. The highest BCUT2D eigenvalue weighted by Gasteiger charge is 2.11. The maximum atomic E-state index is 12.0. The van der Waals surface area contributed by atoms with Gasteiger partial charge >= 0.3 is 11.9 Å². The quantitative estimate of drug-likeness (QED) is 0.504. The summed E-state index contributed by atoms with van der Waals surface area (Å²) in [5, 5.41) is 0. The van der Waals surface area contributed by atoms with Crippen LogP contribution in [0.4, 0.5) is 0 Å². The van der Waals surface area contributed by atoms with E-state index in [1.807, 2.05) is 31.2 Å². The number of esters is 2. The summed E-state index contributed by atoms with van der Waals surface area (Å²) < 4.78 is 11.3. The summed E-state index contributed by atoms with van der Waals surface area (Å²) in [4.78, 5) is 23.8. The molecule has 2 aromatic carbocycles. The van der Waals surface area contributed by atoms with Gasteiger partial charge in [-0.05, 0) is 48.4 Å². The Morgan fingerprint density at radius 2 is 1.58 bits per heavy atom. The van der Waals surface area contributed by atoms with Crippen LogP contribution in [-0.4, -0.2) is 18.5 Å². The van der Waals surface area contributed by atoms with E-state index in [2.05, 4.69) is 15.9 Å². The Balaban J connectivity index is 1.90. The van der Waals surface area contributed by atoms with Crippen LogP contribution < -0.4 is 0 Å². The Hall–Kier alpha value is -2.14. The Morgan fingerprint density at radius 3 is 2.17 bits per heavy atom. The normalized spacial score (nSPS) is 10.2. The second kappa shape index (κ2) is 9.23. The number of ether oxygens (including phenoxy) is 2. The van der Waals surface area contributed by atoms with Gasteiger partial charge in [0.25, 0.3) is 0 Å². The van der Waals surface area contributed by atoms with E-state index in [-0.39, 0.29) is 12.6 Å². The molecule has 0 aliphatic heterocycles. The monoisotopic (exact) mass is 390 g/mol. The van der Waals surface area contributed by atoms with Crippen molar-refractivity contribution in [3.63, 3.8) is 0 Å². The molecule has 0 heterocycles. The van der Waals surface area contributed by atoms with Crippen LogP contribution in [0.5, 0.6) is 0 Å². The third kappa shape index (κ3) is 5.49. The van der Waals surface area contributed by atoms with Crippen LogP contribution in [-0.2, 0) is 16.1 Å². The minimum atomic E-state index is -0.430. The molecule has 0 saturated carbocycles. The highest BCUT2D eigenvalue weighted by molar-refractivity contribution is 9.10. The molecule has 2 rings (SSSR count). The van der Waals surface area contributed by atoms with Gasteiger partial charge in [-0.1, -0.05) is 41.4 Å². The zero-order valence-electron chi connectivity index (χ0n) is 13.5. The van der Waals surface area contributed by atoms with Crippen LogP contribution in [0, 0.1) is 0 Å². The van der Waals surface area contributed by atoms with Crippen LogP contribution in [0.15, 0.2) is 53.0 Å². The summed E-state index contributed by atoms with van der Waals surface area (Å²) in [7, 11) is 0. The average Bonchev–Trinajstić information content (AvgIpc) is 2.60. The SMILES string of the molecule is CCCCOC(=O)c1ccc(C(=O)OCc2cccc(Br)c2)cc1. The van der Waals surface area contributed by atoms with Gasteiger partial charge in [-0.3, -0.25) is 0 Å². The summed E-state index contributed by atoms with van der Waals surface area (Å²) in [6.45, 7) is 2.63. The van der Waals surface area contributed by atoms with E-state index in [9.17, 15) is 9.59 Å². The Morgan fingerprint density at radius 1 is 0.958 bits per heavy atom. The number of hydrogen-bond donors (Lipinski definition) is 0. The number of carbonyl (C=O) groups excluding carboxylic acids is 2. The van der Waals surface area contributed by atoms with Crippen LogP contribution in [0.3, 0.4) is 0 Å². The predicted octanol–water partition coefficient (Wildman–Crippen LogP) is 4.76. The fourth-order valence-electron chi connectivity index (χ4n) is 1.99. The predicted molar refractivity (Wildman–Crippen MR) is 94.9 cm³/mol. The molecule has 0 aromatic heterocycles. The average molecular weight is 391 g/mol. The molecule has 0 atom stereocenters. The first kappa shape index (κ1) is 18.2. The number of rotatable bonds is 7. The first-order valence-corrected chi connectivity index (χ1v) is 8.58. The molecule has 0 radical (unpaired) electrons. The van der Waals surface area contributed by atoms with Crippen LogP contribution in [0.25, 0.3) is 0 Å². The number of hydrogen-bond acceptors (Lipinski definition) is 4. The lowest BCUT2D eigenvalue weighted by Crippen LogP contribution is -2.08. The standard InChI is InChI=1S/C19H19BrO4/c1-2-3-11-23-18(21)15-7-9-16(10-8-15)19(22)24-13-14-5-4-6-17(20)12-14/h4-10,12H,2-3,11,13H2,1H3. The molecule has 0 N–H and O–H groups in total. The van der Waals surface area contributed by atoms with Gasteiger partial charge in [0.15, 0.2) is 0 Å². The van der Waals surface area contributed by atoms with Crippen molar-refractivity contribution in [2.45, 2.75) is 26.4 Å². The van der Waals surface area contributed by atoms with E-state index < -0.39 is 5.97 Å². The van der Waals surface area contributed by atoms with Crippen molar-refractivity contribution < 1.29 is 19.1 Å². The number of carbonyl (C=O) groups is 2. The first-order chi connectivity index (χ1) is 11.6. The molecular formula is C19H19BrO4. The maximum Gasteiger partial charge on any atom is 0.338 e. The fraction of sp³-hybridized carbons (Fsp3) is 0.263. The molecule has 0 bridgehead atoms. The van der Waals surface area contributed by atoms with Crippen molar-refractivity contribution >= 4 is 27.9 Å². The Labute approximate surface area is 149 Å². The van der Waals surface area contributed by atoms with Crippen LogP contribution in [0.1, 0.15) is 46.0 Å². The minimum absolute atomic E-state index is 0.194. The van der Waals surface area contributed by atoms with Gasteiger partial charge in [0, 0.05) is 4.47 Å². The molecule has 0 spiro atoms. The van der Waals surface area contributed by atoms with Gasteiger partial charge in [-0.2, -0.15) is 0 Å². The van der Waals surface area contributed by atoms with Gasteiger partial charge in [-0.25, -0.2) is 9.59 Å². The number of unbranched alkanes of at least 4 members (excludes halogenated alkanes) is 1. The Kier molecular flexibility index (Phi) is 7.00. The highest BCUT2D eigenvalue weighted by Crippen LogP contribution is 2.14. The summed E-state index contributed by atoms with van der Waals surface area (Å²) in [6.07, 6.45) is 1.81. The van der Waals surface area contributed by atoms with Crippen molar-refractivity contribution in [3.8, 4) is 0 Å². The summed E-state index contributed by atoms with van der Waals surface area (Å²) >= 11 is 3.37. The second-order valence-electron chi connectivity index (χ2n) is 5.27. The third-order valence-corrected chi connectivity index (χ3v) is 3.84. The lowest BCUT2D eigenvalue weighted by Gasteiger charge is -2.07. The Bertz CT molecular complexity index is 695. The molecule has 4 nitrogen and oxygen atoms in total. The minimum Gasteiger partial charge on any atom is -0.462 e. The van der Waals surface area contributed by atoms with Gasteiger partial charge in [-0.15, -0.1) is 0 Å². The van der Waals surface area contributed by atoms with E-state index >= 15 is 0 Å². The fourth-order valence-corrected chi connectivity index (χ4v) is 2.44. The number of benzene rings is 2. The lowest BCUT2D eigenvalue weighted by atomic mass is 10.1. The second-order valence-corrected chi connectivity index (χ2v) is 6.19. The molecular weight excluding hydrogens is 372 g/mol. The van der Waals surface area contributed by atoms with Gasteiger partial charge in [0.1, 0.15) is 6.61 Å². The zero-order chi connectivity index (χ0) is 17.4. The van der Waals surface area contributed by atoms with Crippen LogP contribution in [0.2, 0.25) is 0 Å². The third-order valence-electron chi connectivity index (χ3n) is 3.35. The molecule has 0 amide bonds. The number of halogens is 1. The molecule has 2 aromatic rings. The zero-order valence-corrected chi connectivity index (χ0v) is 15.0. The van der Waals surface area contributed by atoms with E-state index in [1.165, 1.54) is 0 Å². The van der Waals surface area contributed by atoms with Crippen LogP contribution >= 0.6 is 15.9 Å². The summed E-state index contributed by atoms with van der Waals surface area (Å²) in [6, 6.07) is 13.8. The highest BCUT2D eigenvalue weighted by atomic mass is 79.9. The van der Waals surface area contributed by atoms with Gasteiger partial charge < -0.3 is 9.47 Å². The lowest BCUT2D eigenvalue weighted by molar-refractivity contribution is 0.0466. The molecule has 0 fully saturated rings. The molecule has 5 heteroatoms. The van der Waals surface area contributed by atoms with E-state index in [0.717, 1.165) is 22.9 Å². The maximum absolute atomic E-state index is 12.0.